The van der Waals surface area contributed by atoms with Crippen molar-refractivity contribution in [3.05, 3.63) is 60.7 Å². The number of benzene rings is 1. The van der Waals surface area contributed by atoms with Gasteiger partial charge in [0.1, 0.15) is 12.1 Å². The van der Waals surface area contributed by atoms with Gasteiger partial charge in [0.05, 0.1) is 4.90 Å². The summed E-state index contributed by atoms with van der Waals surface area (Å²) in [6, 6.07) is 9.26. The normalized spacial score (nSPS) is 14.9. The van der Waals surface area contributed by atoms with Gasteiger partial charge in [0, 0.05) is 37.1 Å². The molecule has 2 aromatic heterocycles. The first-order chi connectivity index (χ1) is 13.5. The van der Waals surface area contributed by atoms with Crippen molar-refractivity contribution in [2.45, 2.75) is 17.7 Å². The number of hydrogen-bond donors (Lipinski definition) is 1. The SMILES string of the molecule is O=C(Nc1cc(-n2cccn2)ncn1)c1ccc(S(=O)(=O)N2CCCC2)cc1. The molecule has 0 atom stereocenters. The van der Waals surface area contributed by atoms with Crippen molar-refractivity contribution < 1.29 is 13.2 Å². The van der Waals surface area contributed by atoms with E-state index in [0.29, 0.717) is 30.3 Å². The summed E-state index contributed by atoms with van der Waals surface area (Å²) < 4.78 is 28.1. The number of nitrogens with one attached hydrogen (secondary N) is 1. The highest BCUT2D eigenvalue weighted by molar-refractivity contribution is 7.89. The van der Waals surface area contributed by atoms with Gasteiger partial charge in [-0.25, -0.2) is 23.1 Å². The van der Waals surface area contributed by atoms with Gasteiger partial charge >= 0.3 is 0 Å². The predicted molar refractivity (Wildman–Crippen MR) is 102 cm³/mol. The molecule has 4 rings (SSSR count). The standard InChI is InChI=1S/C18H18N6O3S/c25-18(22-16-12-17(20-13-19-16)24-11-3-8-21-24)14-4-6-15(7-5-14)28(26,27)23-9-1-2-10-23/h3-8,11-13H,1-2,9-10H2,(H,19,20,22,25). The maximum absolute atomic E-state index is 12.6. The Morgan fingerprint density at radius 2 is 1.82 bits per heavy atom. The highest BCUT2D eigenvalue weighted by Crippen LogP contribution is 2.21. The first-order valence-corrected chi connectivity index (χ1v) is 10.2. The molecule has 1 fully saturated rings. The van der Waals surface area contributed by atoms with E-state index < -0.39 is 15.9 Å². The molecular weight excluding hydrogens is 380 g/mol. The zero-order valence-corrected chi connectivity index (χ0v) is 15.7. The van der Waals surface area contributed by atoms with E-state index in [9.17, 15) is 13.2 Å². The topological polar surface area (TPSA) is 110 Å². The third-order valence-electron chi connectivity index (χ3n) is 4.45. The van der Waals surface area contributed by atoms with Gasteiger partial charge in [-0.15, -0.1) is 0 Å². The molecule has 3 heterocycles. The van der Waals surface area contributed by atoms with Gasteiger partial charge in [0.25, 0.3) is 5.91 Å². The molecule has 0 aliphatic carbocycles. The van der Waals surface area contributed by atoms with E-state index in [2.05, 4.69) is 20.4 Å². The van der Waals surface area contributed by atoms with Crippen LogP contribution in [0.5, 0.6) is 0 Å². The van der Waals surface area contributed by atoms with Crippen LogP contribution in [0.2, 0.25) is 0 Å². The van der Waals surface area contributed by atoms with Crippen LogP contribution in [0.15, 0.2) is 60.0 Å². The second-order valence-electron chi connectivity index (χ2n) is 6.30. The van der Waals surface area contributed by atoms with Gasteiger partial charge in [-0.2, -0.15) is 9.40 Å². The van der Waals surface area contributed by atoms with E-state index in [1.807, 2.05) is 0 Å². The van der Waals surface area contributed by atoms with Crippen LogP contribution >= 0.6 is 0 Å². The molecule has 0 spiro atoms. The van der Waals surface area contributed by atoms with E-state index in [1.54, 1.807) is 29.2 Å². The number of rotatable bonds is 5. The molecule has 1 aromatic carbocycles. The Morgan fingerprint density at radius 1 is 1.07 bits per heavy atom. The Hall–Kier alpha value is -3.11. The molecule has 1 N–H and O–H groups in total. The molecule has 0 radical (unpaired) electrons. The zero-order valence-electron chi connectivity index (χ0n) is 14.9. The third-order valence-corrected chi connectivity index (χ3v) is 6.37. The summed E-state index contributed by atoms with van der Waals surface area (Å²) in [4.78, 5) is 20.8. The van der Waals surface area contributed by atoms with E-state index in [4.69, 9.17) is 0 Å². The van der Waals surface area contributed by atoms with E-state index in [1.165, 1.54) is 34.9 Å². The van der Waals surface area contributed by atoms with Crippen LogP contribution in [-0.2, 0) is 10.0 Å². The number of anilines is 1. The van der Waals surface area contributed by atoms with Crippen LogP contribution in [0.25, 0.3) is 5.82 Å². The minimum atomic E-state index is -3.50. The van der Waals surface area contributed by atoms with Gasteiger partial charge in [0.2, 0.25) is 10.0 Å². The summed E-state index contributed by atoms with van der Waals surface area (Å²) in [5, 5.41) is 6.77. The summed E-state index contributed by atoms with van der Waals surface area (Å²) in [7, 11) is -3.50. The molecule has 1 aliphatic heterocycles. The average molecular weight is 398 g/mol. The third kappa shape index (κ3) is 3.64. The number of hydrogen-bond acceptors (Lipinski definition) is 6. The Morgan fingerprint density at radius 3 is 2.50 bits per heavy atom. The minimum Gasteiger partial charge on any atom is -0.306 e. The lowest BCUT2D eigenvalue weighted by Gasteiger charge is -2.15. The van der Waals surface area contributed by atoms with E-state index in [0.717, 1.165) is 12.8 Å². The predicted octanol–water partition coefficient (Wildman–Crippen LogP) is 1.70. The smallest absolute Gasteiger partial charge is 0.256 e. The molecule has 0 unspecified atom stereocenters. The number of carbonyl (C=O) groups excluding carboxylic acids is 1. The first-order valence-electron chi connectivity index (χ1n) is 8.78. The second-order valence-corrected chi connectivity index (χ2v) is 8.24. The highest BCUT2D eigenvalue weighted by atomic mass is 32.2. The molecule has 1 aliphatic rings. The largest absolute Gasteiger partial charge is 0.306 e. The van der Waals surface area contributed by atoms with Crippen molar-refractivity contribution in [1.29, 1.82) is 0 Å². The molecule has 1 saturated heterocycles. The van der Waals surface area contributed by atoms with Gasteiger partial charge in [-0.1, -0.05) is 0 Å². The van der Waals surface area contributed by atoms with Crippen LogP contribution in [-0.4, -0.2) is 51.5 Å². The maximum Gasteiger partial charge on any atom is 0.256 e. The molecule has 9 nitrogen and oxygen atoms in total. The molecule has 10 heteroatoms. The zero-order chi connectivity index (χ0) is 19.6. The van der Waals surface area contributed by atoms with E-state index in [-0.39, 0.29) is 4.90 Å². The lowest BCUT2D eigenvalue weighted by molar-refractivity contribution is 0.102. The number of aromatic nitrogens is 4. The monoisotopic (exact) mass is 398 g/mol. The number of amides is 1. The van der Waals surface area contributed by atoms with Crippen LogP contribution in [0, 0.1) is 0 Å². The van der Waals surface area contributed by atoms with Gasteiger partial charge in [-0.05, 0) is 43.2 Å². The van der Waals surface area contributed by atoms with Crippen LogP contribution < -0.4 is 5.32 Å². The Balaban J connectivity index is 1.49. The quantitative estimate of drug-likeness (QED) is 0.700. The molecular formula is C18H18N6O3S. The fourth-order valence-electron chi connectivity index (χ4n) is 2.99. The molecule has 144 valence electrons. The minimum absolute atomic E-state index is 0.189. The molecule has 1 amide bonds. The molecule has 28 heavy (non-hydrogen) atoms. The van der Waals surface area contributed by atoms with Gasteiger partial charge in [-0.3, -0.25) is 4.79 Å². The van der Waals surface area contributed by atoms with Crippen molar-refractivity contribution in [1.82, 2.24) is 24.1 Å². The number of sulfonamides is 1. The van der Waals surface area contributed by atoms with Crippen LogP contribution in [0.3, 0.4) is 0 Å². The summed E-state index contributed by atoms with van der Waals surface area (Å²) in [5.41, 5.74) is 0.333. The van der Waals surface area contributed by atoms with Gasteiger partial charge in [0.15, 0.2) is 5.82 Å². The highest BCUT2D eigenvalue weighted by Gasteiger charge is 2.27. The summed E-state index contributed by atoms with van der Waals surface area (Å²) in [6.45, 7) is 1.08. The van der Waals surface area contributed by atoms with Crippen molar-refractivity contribution in [2.75, 3.05) is 18.4 Å². The number of nitrogens with zero attached hydrogens (tertiary/aromatic N) is 5. The lowest BCUT2D eigenvalue weighted by Crippen LogP contribution is -2.27. The van der Waals surface area contributed by atoms with E-state index >= 15 is 0 Å². The summed E-state index contributed by atoms with van der Waals surface area (Å²) >= 11 is 0. The molecule has 0 saturated carbocycles. The summed E-state index contributed by atoms with van der Waals surface area (Å²) in [5.74, 6) is 0.442. The Kier molecular flexibility index (Phi) is 4.88. The van der Waals surface area contributed by atoms with Crippen molar-refractivity contribution >= 4 is 21.7 Å². The van der Waals surface area contributed by atoms with Gasteiger partial charge < -0.3 is 5.32 Å². The number of carbonyl (C=O) groups is 1. The molecule has 3 aromatic rings. The lowest BCUT2D eigenvalue weighted by atomic mass is 10.2. The second kappa shape index (κ2) is 7.49. The first kappa shape index (κ1) is 18.3. The van der Waals surface area contributed by atoms with Crippen LogP contribution in [0.1, 0.15) is 23.2 Å². The van der Waals surface area contributed by atoms with Crippen molar-refractivity contribution in [3.8, 4) is 5.82 Å². The fraction of sp³-hybridized carbons (Fsp3) is 0.222. The molecule has 0 bridgehead atoms. The van der Waals surface area contributed by atoms with Crippen LogP contribution in [0.4, 0.5) is 5.82 Å². The summed E-state index contributed by atoms with van der Waals surface area (Å²) in [6.07, 6.45) is 6.43. The fourth-order valence-corrected chi connectivity index (χ4v) is 4.51. The Bertz CT molecular complexity index is 1070. The van der Waals surface area contributed by atoms with Crippen molar-refractivity contribution in [3.63, 3.8) is 0 Å². The Labute approximate surface area is 162 Å². The maximum atomic E-state index is 12.6. The van der Waals surface area contributed by atoms with Crippen molar-refractivity contribution in [2.24, 2.45) is 0 Å². The average Bonchev–Trinajstić information content (AvgIpc) is 3.42.